The molecule has 0 saturated heterocycles. The second-order valence-corrected chi connectivity index (χ2v) is 3.70. The van der Waals surface area contributed by atoms with Crippen molar-refractivity contribution in [1.29, 1.82) is 0 Å². The SMILES string of the molecule is CCc1cc(CC)n(-c2ncc(F)cc2F)n1. The van der Waals surface area contributed by atoms with Gasteiger partial charge in [-0.25, -0.2) is 18.4 Å². The summed E-state index contributed by atoms with van der Waals surface area (Å²) in [7, 11) is 0. The zero-order valence-electron chi connectivity index (χ0n) is 9.74. The van der Waals surface area contributed by atoms with Crippen LogP contribution >= 0.6 is 0 Å². The molecule has 0 saturated carbocycles. The molecule has 0 aliphatic rings. The zero-order chi connectivity index (χ0) is 12.4. The molecular weight excluding hydrogens is 224 g/mol. The minimum Gasteiger partial charge on any atom is -0.231 e. The van der Waals surface area contributed by atoms with Crippen molar-refractivity contribution >= 4 is 0 Å². The molecule has 0 fully saturated rings. The Labute approximate surface area is 98.1 Å². The van der Waals surface area contributed by atoms with Gasteiger partial charge in [0.1, 0.15) is 5.82 Å². The molecule has 0 radical (unpaired) electrons. The van der Waals surface area contributed by atoms with Crippen LogP contribution in [0.25, 0.3) is 5.82 Å². The number of rotatable bonds is 3. The predicted octanol–water partition coefficient (Wildman–Crippen LogP) is 2.67. The molecule has 2 aromatic heterocycles. The highest BCUT2D eigenvalue weighted by Crippen LogP contribution is 2.15. The summed E-state index contributed by atoms with van der Waals surface area (Å²) in [5.41, 5.74) is 1.73. The first kappa shape index (κ1) is 11.7. The van der Waals surface area contributed by atoms with Crippen LogP contribution in [-0.4, -0.2) is 14.8 Å². The number of pyridine rings is 1. The highest BCUT2D eigenvalue weighted by atomic mass is 19.1. The van der Waals surface area contributed by atoms with Gasteiger partial charge in [-0.15, -0.1) is 0 Å². The summed E-state index contributed by atoms with van der Waals surface area (Å²) in [6.45, 7) is 3.93. The molecule has 0 amide bonds. The summed E-state index contributed by atoms with van der Waals surface area (Å²) in [5, 5.41) is 4.25. The van der Waals surface area contributed by atoms with Crippen LogP contribution in [0.3, 0.4) is 0 Å². The van der Waals surface area contributed by atoms with Gasteiger partial charge in [0.25, 0.3) is 0 Å². The van der Waals surface area contributed by atoms with E-state index in [9.17, 15) is 8.78 Å². The highest BCUT2D eigenvalue weighted by Gasteiger charge is 2.13. The summed E-state index contributed by atoms with van der Waals surface area (Å²) >= 11 is 0. The molecule has 0 bridgehead atoms. The second-order valence-electron chi connectivity index (χ2n) is 3.70. The summed E-state index contributed by atoms with van der Waals surface area (Å²) < 4.78 is 27.8. The number of aromatic nitrogens is 3. The molecule has 17 heavy (non-hydrogen) atoms. The van der Waals surface area contributed by atoms with E-state index in [1.54, 1.807) is 0 Å². The third kappa shape index (κ3) is 2.18. The van der Waals surface area contributed by atoms with Crippen LogP contribution in [0.5, 0.6) is 0 Å². The standard InChI is InChI=1S/C12H13F2N3/c1-3-9-6-10(4-2)17(16-9)12-11(14)5-8(13)7-15-12/h5-7H,3-4H2,1-2H3. The van der Waals surface area contributed by atoms with Gasteiger partial charge in [0, 0.05) is 11.8 Å². The van der Waals surface area contributed by atoms with Gasteiger partial charge in [0.2, 0.25) is 0 Å². The largest absolute Gasteiger partial charge is 0.231 e. The molecular formula is C12H13F2N3. The lowest BCUT2D eigenvalue weighted by molar-refractivity contribution is 0.557. The Hall–Kier alpha value is -1.78. The summed E-state index contributed by atoms with van der Waals surface area (Å²) in [6.07, 6.45) is 2.47. The highest BCUT2D eigenvalue weighted by molar-refractivity contribution is 5.28. The Morgan fingerprint density at radius 3 is 2.53 bits per heavy atom. The quantitative estimate of drug-likeness (QED) is 0.821. The lowest BCUT2D eigenvalue weighted by atomic mass is 10.2. The second kappa shape index (κ2) is 4.61. The van der Waals surface area contributed by atoms with E-state index in [0.29, 0.717) is 6.42 Å². The third-order valence-electron chi connectivity index (χ3n) is 2.55. The van der Waals surface area contributed by atoms with Crippen molar-refractivity contribution in [3.63, 3.8) is 0 Å². The van der Waals surface area contributed by atoms with Gasteiger partial charge in [-0.3, -0.25) is 0 Å². The minimum atomic E-state index is -0.703. The molecule has 5 heteroatoms. The van der Waals surface area contributed by atoms with Crippen molar-refractivity contribution in [3.8, 4) is 5.82 Å². The monoisotopic (exact) mass is 237 g/mol. The Kier molecular flexibility index (Phi) is 3.17. The maximum atomic E-state index is 13.6. The minimum absolute atomic E-state index is 0.0444. The summed E-state index contributed by atoms with van der Waals surface area (Å²) in [5.74, 6) is -1.35. The number of aryl methyl sites for hydroxylation is 2. The lowest BCUT2D eigenvalue weighted by Crippen LogP contribution is -2.07. The van der Waals surface area contributed by atoms with Crippen molar-refractivity contribution in [2.75, 3.05) is 0 Å². The van der Waals surface area contributed by atoms with Gasteiger partial charge < -0.3 is 0 Å². The van der Waals surface area contributed by atoms with E-state index in [2.05, 4.69) is 10.1 Å². The first-order valence-corrected chi connectivity index (χ1v) is 5.55. The number of nitrogens with zero attached hydrogens (tertiary/aromatic N) is 3. The smallest absolute Gasteiger partial charge is 0.190 e. The van der Waals surface area contributed by atoms with Crippen LogP contribution in [0.4, 0.5) is 8.78 Å². The maximum Gasteiger partial charge on any atom is 0.190 e. The topological polar surface area (TPSA) is 30.7 Å². The Bertz CT molecular complexity index is 535. The fraction of sp³-hybridized carbons (Fsp3) is 0.333. The number of hydrogen-bond acceptors (Lipinski definition) is 2. The first-order valence-electron chi connectivity index (χ1n) is 5.55. The van der Waals surface area contributed by atoms with Crippen molar-refractivity contribution in [1.82, 2.24) is 14.8 Å². The maximum absolute atomic E-state index is 13.6. The molecule has 90 valence electrons. The number of halogens is 2. The van der Waals surface area contributed by atoms with Crippen LogP contribution in [0.15, 0.2) is 18.3 Å². The van der Waals surface area contributed by atoms with Crippen LogP contribution in [0.1, 0.15) is 25.2 Å². The van der Waals surface area contributed by atoms with E-state index < -0.39 is 11.6 Å². The first-order chi connectivity index (χ1) is 8.15. The molecule has 2 rings (SSSR count). The van der Waals surface area contributed by atoms with Gasteiger partial charge in [-0.2, -0.15) is 5.10 Å². The molecule has 0 atom stereocenters. The van der Waals surface area contributed by atoms with Crippen molar-refractivity contribution in [2.24, 2.45) is 0 Å². The van der Waals surface area contributed by atoms with Crippen LogP contribution in [0.2, 0.25) is 0 Å². The van der Waals surface area contributed by atoms with Gasteiger partial charge in [0.15, 0.2) is 11.6 Å². The average Bonchev–Trinajstić information content (AvgIpc) is 2.72. The average molecular weight is 237 g/mol. The third-order valence-corrected chi connectivity index (χ3v) is 2.55. The fourth-order valence-electron chi connectivity index (χ4n) is 1.65. The molecule has 2 aromatic rings. The molecule has 2 heterocycles. The molecule has 0 unspecified atom stereocenters. The number of hydrogen-bond donors (Lipinski definition) is 0. The lowest BCUT2D eigenvalue weighted by Gasteiger charge is -2.05. The van der Waals surface area contributed by atoms with Crippen LogP contribution in [-0.2, 0) is 12.8 Å². The fourth-order valence-corrected chi connectivity index (χ4v) is 1.65. The van der Waals surface area contributed by atoms with Crippen molar-refractivity contribution in [2.45, 2.75) is 26.7 Å². The Morgan fingerprint density at radius 2 is 1.94 bits per heavy atom. The normalized spacial score (nSPS) is 10.8. The van der Waals surface area contributed by atoms with E-state index in [0.717, 1.165) is 30.1 Å². The summed E-state index contributed by atoms with van der Waals surface area (Å²) in [4.78, 5) is 3.75. The van der Waals surface area contributed by atoms with Crippen molar-refractivity contribution in [3.05, 3.63) is 41.4 Å². The zero-order valence-corrected chi connectivity index (χ0v) is 9.74. The molecule has 0 aliphatic heterocycles. The van der Waals surface area contributed by atoms with Crippen LogP contribution in [0, 0.1) is 11.6 Å². The van der Waals surface area contributed by atoms with E-state index >= 15 is 0 Å². The van der Waals surface area contributed by atoms with Crippen molar-refractivity contribution < 1.29 is 8.78 Å². The molecule has 3 nitrogen and oxygen atoms in total. The van der Waals surface area contributed by atoms with Crippen LogP contribution < -0.4 is 0 Å². The molecule has 0 N–H and O–H groups in total. The van der Waals surface area contributed by atoms with Gasteiger partial charge in [-0.05, 0) is 18.9 Å². The van der Waals surface area contributed by atoms with Gasteiger partial charge in [-0.1, -0.05) is 13.8 Å². The molecule has 0 spiro atoms. The summed E-state index contributed by atoms with van der Waals surface area (Å²) in [6, 6.07) is 2.72. The van der Waals surface area contributed by atoms with E-state index in [1.165, 1.54) is 4.68 Å². The Morgan fingerprint density at radius 1 is 1.18 bits per heavy atom. The van der Waals surface area contributed by atoms with E-state index in [4.69, 9.17) is 0 Å². The predicted molar refractivity (Wildman–Crippen MR) is 60.0 cm³/mol. The molecule has 0 aliphatic carbocycles. The molecule has 0 aromatic carbocycles. The van der Waals surface area contributed by atoms with Gasteiger partial charge in [0.05, 0.1) is 11.9 Å². The van der Waals surface area contributed by atoms with Gasteiger partial charge >= 0.3 is 0 Å². The van der Waals surface area contributed by atoms with E-state index in [1.807, 2.05) is 19.9 Å². The Balaban J connectivity index is 2.55. The van der Waals surface area contributed by atoms with E-state index in [-0.39, 0.29) is 5.82 Å².